The maximum atomic E-state index is 11.7. The predicted molar refractivity (Wildman–Crippen MR) is 88.1 cm³/mol. The lowest BCUT2D eigenvalue weighted by atomic mass is 10.3. The third-order valence-electron chi connectivity index (χ3n) is 3.09. The summed E-state index contributed by atoms with van der Waals surface area (Å²) in [4.78, 5) is 11.7. The number of hydrogen-bond acceptors (Lipinski definition) is 4. The average molecular weight is 315 g/mol. The van der Waals surface area contributed by atoms with Crippen molar-refractivity contribution in [2.45, 2.75) is 6.42 Å². The molecular weight excluding hydrogens is 294 g/mol. The lowest BCUT2D eigenvalue weighted by molar-refractivity contribution is -0.121. The van der Waals surface area contributed by atoms with Crippen LogP contribution in [0.3, 0.4) is 0 Å². The van der Waals surface area contributed by atoms with E-state index in [9.17, 15) is 4.79 Å². The Morgan fingerprint density at radius 2 is 1.61 bits per heavy atom. The fraction of sp³-hybridized carbons (Fsp3) is 0.278. The van der Waals surface area contributed by atoms with Crippen LogP contribution in [-0.4, -0.2) is 32.8 Å². The van der Waals surface area contributed by atoms with Gasteiger partial charge in [0.2, 0.25) is 5.91 Å². The van der Waals surface area contributed by atoms with Crippen molar-refractivity contribution in [3.05, 3.63) is 54.6 Å². The number of para-hydroxylation sites is 3. The first kappa shape index (κ1) is 16.7. The highest BCUT2D eigenvalue weighted by atomic mass is 16.5. The van der Waals surface area contributed by atoms with Crippen LogP contribution in [0.1, 0.15) is 6.42 Å². The second kappa shape index (κ2) is 9.35. The number of carbonyl (C=O) groups is 1. The van der Waals surface area contributed by atoms with E-state index < -0.39 is 0 Å². The molecule has 0 spiro atoms. The molecule has 0 heterocycles. The molecule has 5 nitrogen and oxygen atoms in total. The molecule has 0 aliphatic heterocycles. The van der Waals surface area contributed by atoms with E-state index in [0.717, 1.165) is 5.75 Å². The normalized spacial score (nSPS) is 9.96. The number of carbonyl (C=O) groups excluding carboxylic acids is 1. The van der Waals surface area contributed by atoms with Gasteiger partial charge in [-0.15, -0.1) is 0 Å². The standard InChI is InChI=1S/C18H21NO4/c1-21-16-9-5-6-10-17(16)23-13-11-18(20)19-12-14-22-15-7-3-2-4-8-15/h2-10H,11-14H2,1H3,(H,19,20). The van der Waals surface area contributed by atoms with E-state index in [0.29, 0.717) is 31.3 Å². The number of nitrogens with one attached hydrogen (secondary N) is 1. The third-order valence-corrected chi connectivity index (χ3v) is 3.09. The van der Waals surface area contributed by atoms with Gasteiger partial charge in [-0.2, -0.15) is 0 Å². The van der Waals surface area contributed by atoms with Crippen molar-refractivity contribution in [3.8, 4) is 17.2 Å². The molecule has 0 aliphatic carbocycles. The molecule has 0 atom stereocenters. The molecule has 0 saturated carbocycles. The summed E-state index contributed by atoms with van der Waals surface area (Å²) in [6.45, 7) is 1.19. The summed E-state index contributed by atoms with van der Waals surface area (Å²) < 4.78 is 16.2. The first-order chi connectivity index (χ1) is 11.3. The first-order valence-corrected chi connectivity index (χ1v) is 7.50. The highest BCUT2D eigenvalue weighted by molar-refractivity contribution is 5.75. The van der Waals surface area contributed by atoms with Crippen molar-refractivity contribution in [1.82, 2.24) is 5.32 Å². The van der Waals surface area contributed by atoms with Gasteiger partial charge in [-0.25, -0.2) is 0 Å². The van der Waals surface area contributed by atoms with Crippen molar-refractivity contribution in [2.75, 3.05) is 26.9 Å². The number of hydrogen-bond donors (Lipinski definition) is 1. The second-order valence-corrected chi connectivity index (χ2v) is 4.76. The number of methoxy groups -OCH3 is 1. The van der Waals surface area contributed by atoms with E-state index in [-0.39, 0.29) is 12.3 Å². The Bertz CT molecular complexity index is 601. The van der Waals surface area contributed by atoms with Crippen LogP contribution < -0.4 is 19.5 Å². The van der Waals surface area contributed by atoms with Gasteiger partial charge < -0.3 is 19.5 Å². The number of benzene rings is 2. The molecule has 0 bridgehead atoms. The van der Waals surface area contributed by atoms with Crippen molar-refractivity contribution in [2.24, 2.45) is 0 Å². The molecular formula is C18H21NO4. The summed E-state index contributed by atoms with van der Waals surface area (Å²) in [5, 5.41) is 2.79. The minimum atomic E-state index is -0.0726. The van der Waals surface area contributed by atoms with Gasteiger partial charge in [0.15, 0.2) is 11.5 Å². The molecule has 23 heavy (non-hydrogen) atoms. The van der Waals surface area contributed by atoms with Crippen LogP contribution in [0, 0.1) is 0 Å². The summed E-state index contributed by atoms with van der Waals surface area (Å²) in [5.74, 6) is 2.01. The summed E-state index contributed by atoms with van der Waals surface area (Å²) >= 11 is 0. The number of ether oxygens (including phenoxy) is 3. The van der Waals surface area contributed by atoms with Crippen LogP contribution in [0.2, 0.25) is 0 Å². The topological polar surface area (TPSA) is 56.8 Å². The number of amides is 1. The fourth-order valence-corrected chi connectivity index (χ4v) is 1.96. The van der Waals surface area contributed by atoms with E-state index in [1.807, 2.05) is 54.6 Å². The fourth-order valence-electron chi connectivity index (χ4n) is 1.96. The molecule has 5 heteroatoms. The third kappa shape index (κ3) is 5.90. The Kier molecular flexibility index (Phi) is 6.78. The second-order valence-electron chi connectivity index (χ2n) is 4.76. The van der Waals surface area contributed by atoms with E-state index >= 15 is 0 Å². The maximum Gasteiger partial charge on any atom is 0.223 e. The van der Waals surface area contributed by atoms with Crippen LogP contribution >= 0.6 is 0 Å². The summed E-state index contributed by atoms with van der Waals surface area (Å²) in [5.41, 5.74) is 0. The predicted octanol–water partition coefficient (Wildman–Crippen LogP) is 2.66. The molecule has 0 unspecified atom stereocenters. The zero-order valence-corrected chi connectivity index (χ0v) is 13.2. The quantitative estimate of drug-likeness (QED) is 0.723. The molecule has 2 aromatic rings. The molecule has 0 saturated heterocycles. The highest BCUT2D eigenvalue weighted by Crippen LogP contribution is 2.25. The lowest BCUT2D eigenvalue weighted by Gasteiger charge is -2.10. The van der Waals surface area contributed by atoms with Gasteiger partial charge in [-0.3, -0.25) is 4.79 Å². The van der Waals surface area contributed by atoms with Crippen LogP contribution in [0.25, 0.3) is 0 Å². The van der Waals surface area contributed by atoms with Crippen molar-refractivity contribution in [1.29, 1.82) is 0 Å². The van der Waals surface area contributed by atoms with Crippen LogP contribution in [0.15, 0.2) is 54.6 Å². The Morgan fingerprint density at radius 1 is 0.913 bits per heavy atom. The molecule has 0 aliphatic rings. The average Bonchev–Trinajstić information content (AvgIpc) is 2.60. The summed E-state index contributed by atoms with van der Waals surface area (Å²) in [7, 11) is 1.58. The van der Waals surface area contributed by atoms with Gasteiger partial charge in [0.25, 0.3) is 0 Å². The highest BCUT2D eigenvalue weighted by Gasteiger charge is 2.05. The van der Waals surface area contributed by atoms with Crippen molar-refractivity contribution < 1.29 is 19.0 Å². The molecule has 0 aromatic heterocycles. The minimum absolute atomic E-state index is 0.0726. The van der Waals surface area contributed by atoms with Crippen LogP contribution in [0.4, 0.5) is 0 Å². The van der Waals surface area contributed by atoms with Crippen molar-refractivity contribution in [3.63, 3.8) is 0 Å². The maximum absolute atomic E-state index is 11.7. The van der Waals surface area contributed by atoms with E-state index in [2.05, 4.69) is 5.32 Å². The van der Waals surface area contributed by atoms with Gasteiger partial charge >= 0.3 is 0 Å². The van der Waals surface area contributed by atoms with Gasteiger partial charge in [0, 0.05) is 0 Å². The monoisotopic (exact) mass is 315 g/mol. The smallest absolute Gasteiger partial charge is 0.223 e. The largest absolute Gasteiger partial charge is 0.493 e. The summed E-state index contributed by atoms with van der Waals surface area (Å²) in [6, 6.07) is 16.8. The molecule has 0 fully saturated rings. The first-order valence-electron chi connectivity index (χ1n) is 7.50. The Morgan fingerprint density at radius 3 is 2.35 bits per heavy atom. The van der Waals surface area contributed by atoms with Crippen LogP contribution in [0.5, 0.6) is 17.2 Å². The molecule has 1 N–H and O–H groups in total. The lowest BCUT2D eigenvalue weighted by Crippen LogP contribution is -2.29. The SMILES string of the molecule is COc1ccccc1OCCC(=O)NCCOc1ccccc1. The molecule has 2 rings (SSSR count). The van der Waals surface area contributed by atoms with Gasteiger partial charge in [-0.05, 0) is 24.3 Å². The Labute approximate surface area is 136 Å². The van der Waals surface area contributed by atoms with E-state index in [1.54, 1.807) is 7.11 Å². The molecule has 2 aromatic carbocycles. The Balaban J connectivity index is 1.60. The van der Waals surface area contributed by atoms with Crippen molar-refractivity contribution >= 4 is 5.91 Å². The zero-order valence-electron chi connectivity index (χ0n) is 13.2. The molecule has 0 radical (unpaired) electrons. The Hall–Kier alpha value is -2.69. The van der Waals surface area contributed by atoms with Gasteiger partial charge in [-0.1, -0.05) is 30.3 Å². The van der Waals surface area contributed by atoms with Gasteiger partial charge in [0.1, 0.15) is 12.4 Å². The van der Waals surface area contributed by atoms with Gasteiger partial charge in [0.05, 0.1) is 26.7 Å². The zero-order chi connectivity index (χ0) is 16.3. The van der Waals surface area contributed by atoms with E-state index in [4.69, 9.17) is 14.2 Å². The number of rotatable bonds is 9. The minimum Gasteiger partial charge on any atom is -0.493 e. The molecule has 122 valence electrons. The van der Waals surface area contributed by atoms with E-state index in [1.165, 1.54) is 0 Å². The summed E-state index contributed by atoms with van der Waals surface area (Å²) in [6.07, 6.45) is 0.281. The van der Waals surface area contributed by atoms with Crippen LogP contribution in [-0.2, 0) is 4.79 Å². The molecule has 1 amide bonds.